The lowest BCUT2D eigenvalue weighted by Gasteiger charge is -2.35. The van der Waals surface area contributed by atoms with Crippen LogP contribution in [-0.4, -0.2) is 189 Å². The van der Waals surface area contributed by atoms with Crippen molar-refractivity contribution in [2.24, 2.45) is 0 Å². The second-order valence-corrected chi connectivity index (χ2v) is 14.6. The van der Waals surface area contributed by atoms with E-state index in [4.69, 9.17) is 56.8 Å². The molecule has 0 aliphatic heterocycles. The van der Waals surface area contributed by atoms with Crippen LogP contribution in [0.25, 0.3) is 11.1 Å². The molecule has 6 N–H and O–H groups in total. The van der Waals surface area contributed by atoms with E-state index in [1.54, 1.807) is 0 Å². The molecule has 1 aliphatic carbocycles. The molecule has 18 nitrogen and oxygen atoms in total. The van der Waals surface area contributed by atoms with Crippen molar-refractivity contribution in [3.8, 4) is 45.6 Å². The van der Waals surface area contributed by atoms with E-state index in [1.807, 2.05) is 48.5 Å². The summed E-state index contributed by atoms with van der Waals surface area (Å²) in [6, 6.07) is 23.8. The molecular weight excluding hydrogens is 877 g/mol. The largest absolute Gasteiger partial charge is 0.487 e. The number of rotatable bonds is 38. The number of ether oxygens (including phenoxy) is 12. The highest BCUT2D eigenvalue weighted by atomic mass is 16.6. The third-order valence-electron chi connectivity index (χ3n) is 10.2. The highest BCUT2D eigenvalue weighted by molar-refractivity contribution is 5.87. The average molecular weight is 943 g/mol. The van der Waals surface area contributed by atoms with Gasteiger partial charge < -0.3 is 87.5 Å². The summed E-state index contributed by atoms with van der Waals surface area (Å²) in [5.74, 6) is 1.83. The molecule has 0 bridgehead atoms. The molecule has 0 aromatic heterocycles. The van der Waals surface area contributed by atoms with Gasteiger partial charge in [-0.25, -0.2) is 0 Å². The maximum Gasteiger partial charge on any atom is 0.203 e. The molecule has 4 aromatic rings. The summed E-state index contributed by atoms with van der Waals surface area (Å²) < 4.78 is 72.1. The van der Waals surface area contributed by atoms with E-state index in [0.717, 1.165) is 22.3 Å². The topological polar surface area (TPSA) is 232 Å². The van der Waals surface area contributed by atoms with Gasteiger partial charge in [0.25, 0.3) is 0 Å². The van der Waals surface area contributed by atoms with Crippen LogP contribution in [0.4, 0.5) is 0 Å². The summed E-state index contributed by atoms with van der Waals surface area (Å²) >= 11 is 0. The van der Waals surface area contributed by atoms with Crippen molar-refractivity contribution >= 4 is 0 Å². The van der Waals surface area contributed by atoms with Crippen LogP contribution in [0.1, 0.15) is 22.3 Å². The molecule has 18 heteroatoms. The second-order valence-electron chi connectivity index (χ2n) is 14.6. The van der Waals surface area contributed by atoms with Gasteiger partial charge in [0, 0.05) is 0 Å². The van der Waals surface area contributed by atoms with Crippen LogP contribution in [-0.2, 0) is 33.8 Å². The van der Waals surface area contributed by atoms with E-state index in [1.165, 1.54) is 0 Å². The summed E-state index contributed by atoms with van der Waals surface area (Å²) in [6.07, 6.45) is 0. The molecule has 0 radical (unpaired) electrons. The van der Waals surface area contributed by atoms with Crippen molar-refractivity contribution in [1.82, 2.24) is 0 Å². The molecule has 0 amide bonds. The fraction of sp³-hybridized carbons (Fsp3) is 0.510. The quantitative estimate of drug-likeness (QED) is 0.0312. The van der Waals surface area contributed by atoms with Crippen LogP contribution >= 0.6 is 0 Å². The van der Waals surface area contributed by atoms with Crippen LogP contribution in [0.5, 0.6) is 34.5 Å². The molecule has 4 aromatic carbocycles. The first-order chi connectivity index (χ1) is 33.1. The maximum atomic E-state index is 9.38. The summed E-state index contributed by atoms with van der Waals surface area (Å²) in [5.41, 5.74) is 4.03. The smallest absolute Gasteiger partial charge is 0.203 e. The second kappa shape index (κ2) is 30.6. The molecule has 370 valence electrons. The van der Waals surface area contributed by atoms with Gasteiger partial charge in [-0.05, 0) is 57.6 Å². The zero-order valence-electron chi connectivity index (χ0n) is 38.0. The number of aliphatic hydroxyl groups is 6. The minimum atomic E-state index is -1.15. The molecule has 67 heavy (non-hydrogen) atoms. The molecular formula is C49H66O18. The van der Waals surface area contributed by atoms with Gasteiger partial charge in [-0.1, -0.05) is 48.5 Å². The van der Waals surface area contributed by atoms with Crippen molar-refractivity contribution in [2.45, 2.75) is 5.41 Å². The van der Waals surface area contributed by atoms with Crippen LogP contribution in [0.2, 0.25) is 0 Å². The standard InChI is InChI=1S/C49H66O18/c50-9-15-56-21-27-62-43-33-37(34-44(63-28-22-57-16-10-51)47(43)66-31-25-60-19-13-54)49(41-7-3-1-5-39(41)40-6-2-4-8-42(40)49)38-35-45(64-29-23-58-17-11-52)48(67-32-26-61-20-14-55)46(36-38)65-30-24-59-18-12-53/h1-8,33-36,50-55H,9-32H2. The molecule has 0 fully saturated rings. The van der Waals surface area contributed by atoms with Crippen molar-refractivity contribution < 1.29 is 87.5 Å². The van der Waals surface area contributed by atoms with Crippen molar-refractivity contribution in [3.05, 3.63) is 95.1 Å². The first-order valence-electron chi connectivity index (χ1n) is 22.5. The zero-order chi connectivity index (χ0) is 47.4. The Kier molecular flexibility index (Phi) is 24.2. The number of aliphatic hydroxyl groups excluding tert-OH is 6. The predicted octanol–water partition coefficient (Wildman–Crippen LogP) is 2.38. The minimum Gasteiger partial charge on any atom is -0.487 e. The van der Waals surface area contributed by atoms with Crippen LogP contribution < -0.4 is 28.4 Å². The molecule has 0 saturated heterocycles. The van der Waals surface area contributed by atoms with E-state index in [0.29, 0.717) is 34.1 Å². The number of fused-ring (bicyclic) bond motifs is 3. The van der Waals surface area contributed by atoms with E-state index < -0.39 is 5.41 Å². The Hall–Kier alpha value is -4.80. The lowest BCUT2D eigenvalue weighted by molar-refractivity contribution is 0.0604. The highest BCUT2D eigenvalue weighted by Crippen LogP contribution is 2.59. The number of hydrogen-bond donors (Lipinski definition) is 6. The predicted molar refractivity (Wildman–Crippen MR) is 244 cm³/mol. The minimum absolute atomic E-state index is 0.0841. The fourth-order valence-electron chi connectivity index (χ4n) is 7.57. The van der Waals surface area contributed by atoms with Gasteiger partial charge in [0.05, 0.1) is 124 Å². The lowest BCUT2D eigenvalue weighted by atomic mass is 9.67. The summed E-state index contributed by atoms with van der Waals surface area (Å²) in [5, 5.41) is 56.2. The van der Waals surface area contributed by atoms with Gasteiger partial charge in [0.15, 0.2) is 23.0 Å². The SMILES string of the molecule is OCCOCCOc1cc(C2(c3cc(OCCOCCO)c(OCCOCCO)c(OCCOCCO)c3)c3ccccc3-c3ccccc32)cc(OCCOCCO)c1OCCOCCO. The van der Waals surface area contributed by atoms with Crippen molar-refractivity contribution in [2.75, 3.05) is 159 Å². The lowest BCUT2D eigenvalue weighted by Crippen LogP contribution is -2.29. The Morgan fingerprint density at radius 1 is 0.299 bits per heavy atom. The van der Waals surface area contributed by atoms with Crippen molar-refractivity contribution in [1.29, 1.82) is 0 Å². The van der Waals surface area contributed by atoms with Gasteiger partial charge in [-0.15, -0.1) is 0 Å². The normalized spacial score (nSPS) is 12.4. The van der Waals surface area contributed by atoms with Gasteiger partial charge in [-0.2, -0.15) is 0 Å². The number of hydrogen-bond acceptors (Lipinski definition) is 18. The zero-order valence-corrected chi connectivity index (χ0v) is 38.0. The highest BCUT2D eigenvalue weighted by Gasteiger charge is 2.48. The van der Waals surface area contributed by atoms with Crippen LogP contribution in [0.3, 0.4) is 0 Å². The average Bonchev–Trinajstić information content (AvgIpc) is 3.65. The Balaban J connectivity index is 1.79. The van der Waals surface area contributed by atoms with Gasteiger partial charge in [0.2, 0.25) is 11.5 Å². The molecule has 5 rings (SSSR count). The first-order valence-corrected chi connectivity index (χ1v) is 22.5. The van der Waals surface area contributed by atoms with E-state index in [9.17, 15) is 30.6 Å². The van der Waals surface area contributed by atoms with Crippen LogP contribution in [0, 0.1) is 0 Å². The molecule has 0 unspecified atom stereocenters. The van der Waals surface area contributed by atoms with Crippen LogP contribution in [0.15, 0.2) is 72.8 Å². The first kappa shape index (κ1) is 53.2. The van der Waals surface area contributed by atoms with Gasteiger partial charge >= 0.3 is 0 Å². The number of benzene rings is 4. The van der Waals surface area contributed by atoms with Crippen molar-refractivity contribution in [3.63, 3.8) is 0 Å². The third-order valence-corrected chi connectivity index (χ3v) is 10.2. The van der Waals surface area contributed by atoms with E-state index in [2.05, 4.69) is 24.3 Å². The maximum absolute atomic E-state index is 9.38. The Bertz CT molecular complexity index is 1780. The Morgan fingerprint density at radius 3 is 0.821 bits per heavy atom. The Morgan fingerprint density at radius 2 is 0.552 bits per heavy atom. The third kappa shape index (κ3) is 15.1. The molecule has 1 aliphatic rings. The van der Waals surface area contributed by atoms with Gasteiger partial charge in [-0.3, -0.25) is 0 Å². The molecule has 0 saturated carbocycles. The molecule has 0 heterocycles. The Labute approximate surface area is 391 Å². The summed E-state index contributed by atoms with van der Waals surface area (Å²) in [4.78, 5) is 0. The monoisotopic (exact) mass is 942 g/mol. The summed E-state index contributed by atoms with van der Waals surface area (Å²) in [6.45, 7) is 1.30. The molecule has 0 spiro atoms. The van der Waals surface area contributed by atoms with Gasteiger partial charge in [0.1, 0.15) is 39.6 Å². The molecule has 0 atom stereocenters. The van der Waals surface area contributed by atoms with E-state index in [-0.39, 0.29) is 170 Å². The summed E-state index contributed by atoms with van der Waals surface area (Å²) in [7, 11) is 0. The van der Waals surface area contributed by atoms with E-state index >= 15 is 0 Å². The fourth-order valence-corrected chi connectivity index (χ4v) is 7.57.